The summed E-state index contributed by atoms with van der Waals surface area (Å²) in [4.78, 5) is 31.5. The van der Waals surface area contributed by atoms with Crippen molar-refractivity contribution >= 4 is 11.8 Å². The molecule has 0 spiro atoms. The van der Waals surface area contributed by atoms with Crippen LogP contribution in [0.2, 0.25) is 0 Å². The number of nitrogens with zero attached hydrogens (tertiary/aromatic N) is 3. The Kier molecular flexibility index (Phi) is 7.86. The van der Waals surface area contributed by atoms with Crippen molar-refractivity contribution in [2.75, 3.05) is 52.4 Å². The minimum Gasteiger partial charge on any atom is -0.356 e. The third-order valence-corrected chi connectivity index (χ3v) is 5.91. The Morgan fingerprint density at radius 1 is 1.07 bits per heavy atom. The highest BCUT2D eigenvalue weighted by molar-refractivity contribution is 5.89. The molecular weight excluding hydrogens is 352 g/mol. The van der Waals surface area contributed by atoms with Gasteiger partial charge < -0.3 is 20.0 Å². The molecule has 0 saturated carbocycles. The Labute approximate surface area is 168 Å². The first-order valence-electron chi connectivity index (χ1n) is 10.7. The Morgan fingerprint density at radius 3 is 2.50 bits per heavy atom. The van der Waals surface area contributed by atoms with E-state index >= 15 is 0 Å². The molecule has 6 heteroatoms. The number of nitrogens with one attached hydrogen (secondary N) is 1. The third-order valence-electron chi connectivity index (χ3n) is 5.91. The average Bonchev–Trinajstić information content (AvgIpc) is 3.09. The molecule has 2 heterocycles. The van der Waals surface area contributed by atoms with E-state index in [0.29, 0.717) is 26.1 Å². The van der Waals surface area contributed by atoms with Crippen LogP contribution in [0.15, 0.2) is 30.3 Å². The molecule has 2 fully saturated rings. The Morgan fingerprint density at radius 2 is 1.79 bits per heavy atom. The number of rotatable bonds is 9. The number of likely N-dealkylation sites (tertiary alicyclic amines) is 1. The summed E-state index contributed by atoms with van der Waals surface area (Å²) < 4.78 is 0. The van der Waals surface area contributed by atoms with Gasteiger partial charge in [-0.1, -0.05) is 37.3 Å². The number of carbonyl (C=O) groups excluding carboxylic acids is 2. The Balaban J connectivity index is 1.29. The summed E-state index contributed by atoms with van der Waals surface area (Å²) in [6.07, 6.45) is 2.44. The Hall–Kier alpha value is -1.92. The maximum absolute atomic E-state index is 12.4. The molecule has 1 aromatic rings. The summed E-state index contributed by atoms with van der Waals surface area (Å²) in [5, 5.41) is 3.04. The fraction of sp³-hybridized carbons (Fsp3) is 0.636. The molecular formula is C22H34N4O2. The maximum Gasteiger partial charge on any atom is 0.225 e. The first kappa shape index (κ1) is 20.8. The summed E-state index contributed by atoms with van der Waals surface area (Å²) in [6.45, 7) is 10.9. The second kappa shape index (κ2) is 10.6. The summed E-state index contributed by atoms with van der Waals surface area (Å²) in [5.41, 5.74) is 1.11. The standard InChI is InChI=1S/C22H34N4O2/c1-2-24-12-14-25(15-13-24)11-7-6-10-23-22(28)20-16-21(27)26(18-20)17-19-8-4-3-5-9-19/h3-5,8-9,20H,2,6-7,10-18H2,1H3,(H,23,28). The highest BCUT2D eigenvalue weighted by atomic mass is 16.2. The van der Waals surface area contributed by atoms with Gasteiger partial charge in [0.1, 0.15) is 0 Å². The SMILES string of the molecule is CCN1CCN(CCCCNC(=O)C2CC(=O)N(Cc3ccccc3)C2)CC1. The number of benzene rings is 1. The molecule has 0 bridgehead atoms. The van der Waals surface area contributed by atoms with Crippen LogP contribution in [0.4, 0.5) is 0 Å². The second-order valence-corrected chi connectivity index (χ2v) is 7.93. The quantitative estimate of drug-likeness (QED) is 0.655. The topological polar surface area (TPSA) is 55.9 Å². The number of hydrogen-bond donors (Lipinski definition) is 1. The number of unbranched alkanes of at least 4 members (excludes halogenated alkanes) is 1. The van der Waals surface area contributed by atoms with Gasteiger partial charge in [0, 0.05) is 52.2 Å². The van der Waals surface area contributed by atoms with Crippen molar-refractivity contribution < 1.29 is 9.59 Å². The highest BCUT2D eigenvalue weighted by Gasteiger charge is 2.33. The van der Waals surface area contributed by atoms with Crippen molar-refractivity contribution in [2.24, 2.45) is 5.92 Å². The zero-order chi connectivity index (χ0) is 19.8. The lowest BCUT2D eigenvalue weighted by Gasteiger charge is -2.33. The number of carbonyl (C=O) groups is 2. The minimum absolute atomic E-state index is 0.0282. The van der Waals surface area contributed by atoms with Crippen LogP contribution in [0.25, 0.3) is 0 Å². The molecule has 1 unspecified atom stereocenters. The number of amides is 2. The van der Waals surface area contributed by atoms with Gasteiger partial charge in [0.05, 0.1) is 5.92 Å². The molecule has 2 saturated heterocycles. The van der Waals surface area contributed by atoms with E-state index in [0.717, 1.165) is 44.6 Å². The number of piperazine rings is 1. The molecule has 3 rings (SSSR count). The first-order valence-corrected chi connectivity index (χ1v) is 10.7. The van der Waals surface area contributed by atoms with Crippen LogP contribution >= 0.6 is 0 Å². The third kappa shape index (κ3) is 6.04. The van der Waals surface area contributed by atoms with Crippen molar-refractivity contribution in [3.63, 3.8) is 0 Å². The molecule has 2 aliphatic rings. The molecule has 0 radical (unpaired) electrons. The summed E-state index contributed by atoms with van der Waals surface area (Å²) in [5.74, 6) is -0.103. The summed E-state index contributed by atoms with van der Waals surface area (Å²) in [6, 6.07) is 9.95. The van der Waals surface area contributed by atoms with Gasteiger partial charge in [-0.15, -0.1) is 0 Å². The lowest BCUT2D eigenvalue weighted by Crippen LogP contribution is -2.46. The van der Waals surface area contributed by atoms with E-state index in [1.54, 1.807) is 4.90 Å². The minimum atomic E-state index is -0.210. The molecule has 154 valence electrons. The van der Waals surface area contributed by atoms with Crippen LogP contribution in [0.3, 0.4) is 0 Å². The van der Waals surface area contributed by atoms with Crippen molar-refractivity contribution in [2.45, 2.75) is 32.7 Å². The summed E-state index contributed by atoms with van der Waals surface area (Å²) >= 11 is 0. The zero-order valence-electron chi connectivity index (χ0n) is 17.1. The summed E-state index contributed by atoms with van der Waals surface area (Å²) in [7, 11) is 0. The van der Waals surface area contributed by atoms with Gasteiger partial charge in [-0.3, -0.25) is 9.59 Å². The van der Waals surface area contributed by atoms with Gasteiger partial charge in [-0.2, -0.15) is 0 Å². The molecule has 0 aromatic heterocycles. The molecule has 1 atom stereocenters. The van der Waals surface area contributed by atoms with Gasteiger partial charge in [0.25, 0.3) is 0 Å². The fourth-order valence-electron chi connectivity index (χ4n) is 4.05. The fourth-order valence-corrected chi connectivity index (χ4v) is 4.05. The molecule has 6 nitrogen and oxygen atoms in total. The van der Waals surface area contributed by atoms with Crippen LogP contribution in [0, 0.1) is 5.92 Å². The predicted octanol–water partition coefficient (Wildman–Crippen LogP) is 1.57. The first-order chi connectivity index (χ1) is 13.7. The normalized spacial score (nSPS) is 21.2. The van der Waals surface area contributed by atoms with Crippen molar-refractivity contribution in [3.05, 3.63) is 35.9 Å². The number of hydrogen-bond acceptors (Lipinski definition) is 4. The predicted molar refractivity (Wildman–Crippen MR) is 111 cm³/mol. The van der Waals surface area contributed by atoms with Gasteiger partial charge in [-0.05, 0) is 31.5 Å². The van der Waals surface area contributed by atoms with Gasteiger partial charge in [-0.25, -0.2) is 0 Å². The molecule has 2 amide bonds. The highest BCUT2D eigenvalue weighted by Crippen LogP contribution is 2.20. The van der Waals surface area contributed by atoms with E-state index in [4.69, 9.17) is 0 Å². The molecule has 1 N–H and O–H groups in total. The van der Waals surface area contributed by atoms with Crippen molar-refractivity contribution in [1.29, 1.82) is 0 Å². The second-order valence-electron chi connectivity index (χ2n) is 7.93. The van der Waals surface area contributed by atoms with Crippen molar-refractivity contribution in [1.82, 2.24) is 20.0 Å². The van der Waals surface area contributed by atoms with E-state index < -0.39 is 0 Å². The van der Waals surface area contributed by atoms with Gasteiger partial charge in [0.15, 0.2) is 0 Å². The average molecular weight is 387 g/mol. The van der Waals surface area contributed by atoms with E-state index in [-0.39, 0.29) is 17.7 Å². The van der Waals surface area contributed by atoms with Crippen LogP contribution in [0.5, 0.6) is 0 Å². The zero-order valence-corrected chi connectivity index (χ0v) is 17.1. The lowest BCUT2D eigenvalue weighted by atomic mass is 10.1. The molecule has 1 aromatic carbocycles. The lowest BCUT2D eigenvalue weighted by molar-refractivity contribution is -0.129. The molecule has 28 heavy (non-hydrogen) atoms. The maximum atomic E-state index is 12.4. The van der Waals surface area contributed by atoms with E-state index in [1.165, 1.54) is 13.1 Å². The van der Waals surface area contributed by atoms with E-state index in [2.05, 4.69) is 22.0 Å². The molecule has 0 aliphatic carbocycles. The monoisotopic (exact) mass is 386 g/mol. The smallest absolute Gasteiger partial charge is 0.225 e. The van der Waals surface area contributed by atoms with Crippen LogP contribution in [-0.2, 0) is 16.1 Å². The Bertz CT molecular complexity index is 629. The van der Waals surface area contributed by atoms with Crippen LogP contribution in [0.1, 0.15) is 31.7 Å². The van der Waals surface area contributed by atoms with Gasteiger partial charge >= 0.3 is 0 Å². The largest absolute Gasteiger partial charge is 0.356 e. The van der Waals surface area contributed by atoms with E-state index in [9.17, 15) is 9.59 Å². The molecule has 2 aliphatic heterocycles. The van der Waals surface area contributed by atoms with Gasteiger partial charge in [0.2, 0.25) is 11.8 Å². The van der Waals surface area contributed by atoms with Crippen molar-refractivity contribution in [3.8, 4) is 0 Å². The number of likely N-dealkylation sites (N-methyl/N-ethyl adjacent to an activating group) is 1. The van der Waals surface area contributed by atoms with Crippen LogP contribution in [-0.4, -0.2) is 78.9 Å². The van der Waals surface area contributed by atoms with Crippen LogP contribution < -0.4 is 5.32 Å². The van der Waals surface area contributed by atoms with E-state index in [1.807, 2.05) is 30.3 Å².